The second kappa shape index (κ2) is 11.9. The molecule has 2 aromatic carbocycles. The number of thiazole rings is 1. The number of aryl methyl sites for hydroxylation is 2. The number of piperidine rings is 1. The average Bonchev–Trinajstić information content (AvgIpc) is 3.32. The first-order valence-corrected chi connectivity index (χ1v) is 17.3. The third-order valence-corrected chi connectivity index (χ3v) is 11.5. The van der Waals surface area contributed by atoms with Crippen molar-refractivity contribution in [2.45, 2.75) is 41.9 Å². The number of benzene rings is 2. The van der Waals surface area contributed by atoms with Gasteiger partial charge in [-0.1, -0.05) is 18.2 Å². The van der Waals surface area contributed by atoms with Gasteiger partial charge in [-0.05, 0) is 63.1 Å². The standard InChI is InChI=1S/C27H28N6O7S3/c1-18-27(41-19(2)30-18)43(38,39)31-15-13-22(14-16-31)40-26-24(33(34)35)25(28-17-29-26)32(20-7-5-4-6-8-20)21-9-11-23(12-10-21)42(3,36)37/h4-12,17,22H,13-16H2,1-3H3. The first kappa shape index (κ1) is 30.5. The predicted molar refractivity (Wildman–Crippen MR) is 160 cm³/mol. The molecule has 0 amide bonds. The van der Waals surface area contributed by atoms with Gasteiger partial charge in [-0.15, -0.1) is 11.3 Å². The smallest absolute Gasteiger partial charge is 0.373 e. The van der Waals surface area contributed by atoms with E-state index >= 15 is 0 Å². The Bertz CT molecular complexity index is 1860. The predicted octanol–water partition coefficient (Wildman–Crippen LogP) is 4.56. The van der Waals surface area contributed by atoms with Gasteiger partial charge in [-0.25, -0.2) is 26.8 Å². The van der Waals surface area contributed by atoms with Crippen LogP contribution in [0.5, 0.6) is 5.88 Å². The summed E-state index contributed by atoms with van der Waals surface area (Å²) < 4.78 is 58.1. The quantitative estimate of drug-likeness (QED) is 0.185. The van der Waals surface area contributed by atoms with E-state index in [9.17, 15) is 26.9 Å². The SMILES string of the molecule is Cc1nc(C)c(S(=O)(=O)N2CCC(Oc3ncnc(N(c4ccccc4)c4ccc(S(C)(=O)=O)cc4)c3[N+](=O)[O-])CC2)s1. The number of nitro groups is 1. The van der Waals surface area contributed by atoms with Crippen molar-refractivity contribution in [2.75, 3.05) is 24.2 Å². The number of sulfonamides is 1. The van der Waals surface area contributed by atoms with Gasteiger partial charge in [0.1, 0.15) is 12.4 Å². The second-order valence-corrected chi connectivity index (χ2v) is 15.2. The Labute approximate surface area is 252 Å². The topological polar surface area (TPSA) is 166 Å². The molecule has 0 N–H and O–H groups in total. The number of para-hydroxylation sites is 1. The van der Waals surface area contributed by atoms with Crippen molar-refractivity contribution in [3.8, 4) is 5.88 Å². The summed E-state index contributed by atoms with van der Waals surface area (Å²) in [5.41, 5.74) is 0.941. The lowest BCUT2D eigenvalue weighted by Crippen LogP contribution is -2.41. The van der Waals surface area contributed by atoms with E-state index in [2.05, 4.69) is 15.0 Å². The molecule has 5 rings (SSSR count). The first-order chi connectivity index (χ1) is 20.4. The Morgan fingerprint density at radius 2 is 1.60 bits per heavy atom. The molecule has 13 nitrogen and oxygen atoms in total. The van der Waals surface area contributed by atoms with E-state index in [0.29, 0.717) is 34.9 Å². The van der Waals surface area contributed by atoms with Gasteiger partial charge in [0.25, 0.3) is 15.9 Å². The Hall–Kier alpha value is -3.99. The normalized spacial score (nSPS) is 14.9. The van der Waals surface area contributed by atoms with Crippen molar-refractivity contribution in [2.24, 2.45) is 0 Å². The zero-order chi connectivity index (χ0) is 30.9. The van der Waals surface area contributed by atoms with Crippen molar-refractivity contribution in [3.05, 3.63) is 81.7 Å². The van der Waals surface area contributed by atoms with Crippen LogP contribution in [-0.4, -0.2) is 66.5 Å². The van der Waals surface area contributed by atoms with E-state index in [0.717, 1.165) is 23.9 Å². The van der Waals surface area contributed by atoms with E-state index in [4.69, 9.17) is 4.74 Å². The number of hydrogen-bond acceptors (Lipinski definition) is 12. The van der Waals surface area contributed by atoms with Crippen molar-refractivity contribution in [1.29, 1.82) is 0 Å². The van der Waals surface area contributed by atoms with Gasteiger partial charge in [0, 0.05) is 30.7 Å². The number of hydrogen-bond donors (Lipinski definition) is 0. The minimum atomic E-state index is -3.73. The molecule has 1 aliphatic heterocycles. The van der Waals surface area contributed by atoms with Gasteiger partial charge < -0.3 is 4.74 Å². The summed E-state index contributed by atoms with van der Waals surface area (Å²) in [4.78, 5) is 26.0. The number of rotatable bonds is 9. The first-order valence-electron chi connectivity index (χ1n) is 13.1. The third-order valence-electron chi connectivity index (χ3n) is 6.82. The van der Waals surface area contributed by atoms with E-state index in [1.807, 2.05) is 0 Å². The molecular formula is C27H28N6O7S3. The number of aromatic nitrogens is 3. The summed E-state index contributed by atoms with van der Waals surface area (Å²) in [6.07, 6.45) is 2.31. The Morgan fingerprint density at radius 1 is 0.977 bits per heavy atom. The molecule has 4 aromatic rings. The van der Waals surface area contributed by atoms with Crippen LogP contribution in [0.4, 0.5) is 22.9 Å². The van der Waals surface area contributed by atoms with Crippen molar-refractivity contribution >= 4 is 54.1 Å². The summed E-state index contributed by atoms with van der Waals surface area (Å²) in [5, 5.41) is 13.1. The highest BCUT2D eigenvalue weighted by Gasteiger charge is 2.36. The van der Waals surface area contributed by atoms with Crippen LogP contribution in [0.3, 0.4) is 0 Å². The lowest BCUT2D eigenvalue weighted by molar-refractivity contribution is -0.385. The summed E-state index contributed by atoms with van der Waals surface area (Å²) in [6.45, 7) is 3.75. The number of sulfone groups is 1. The summed E-state index contributed by atoms with van der Waals surface area (Å²) in [6, 6.07) is 14.7. The van der Waals surface area contributed by atoms with Crippen LogP contribution in [0.2, 0.25) is 0 Å². The molecule has 0 aliphatic carbocycles. The zero-order valence-corrected chi connectivity index (χ0v) is 25.9. The fourth-order valence-corrected chi connectivity index (χ4v) is 8.51. The van der Waals surface area contributed by atoms with E-state index < -0.39 is 36.6 Å². The average molecular weight is 645 g/mol. The van der Waals surface area contributed by atoms with E-state index in [-0.39, 0.29) is 33.9 Å². The highest BCUT2D eigenvalue weighted by Crippen LogP contribution is 2.42. The molecular weight excluding hydrogens is 617 g/mol. The molecule has 0 unspecified atom stereocenters. The van der Waals surface area contributed by atoms with Crippen LogP contribution in [-0.2, 0) is 19.9 Å². The van der Waals surface area contributed by atoms with Gasteiger partial charge in [0.2, 0.25) is 5.82 Å². The van der Waals surface area contributed by atoms with Gasteiger partial charge in [0.15, 0.2) is 14.0 Å². The van der Waals surface area contributed by atoms with Crippen LogP contribution >= 0.6 is 11.3 Å². The van der Waals surface area contributed by atoms with Crippen LogP contribution < -0.4 is 9.64 Å². The lowest BCUT2D eigenvalue weighted by atomic mass is 10.1. The molecule has 1 fully saturated rings. The Morgan fingerprint density at radius 3 is 2.16 bits per heavy atom. The fraction of sp³-hybridized carbons (Fsp3) is 0.296. The van der Waals surface area contributed by atoms with Crippen molar-refractivity contribution in [1.82, 2.24) is 19.3 Å². The van der Waals surface area contributed by atoms with Crippen LogP contribution in [0, 0.1) is 24.0 Å². The lowest BCUT2D eigenvalue weighted by Gasteiger charge is -2.31. The van der Waals surface area contributed by atoms with Gasteiger partial charge in [0.05, 0.1) is 20.5 Å². The minimum Gasteiger partial charge on any atom is -0.469 e. The van der Waals surface area contributed by atoms with Crippen molar-refractivity contribution in [3.63, 3.8) is 0 Å². The van der Waals surface area contributed by atoms with Gasteiger partial charge >= 0.3 is 5.69 Å². The molecule has 0 radical (unpaired) electrons. The minimum absolute atomic E-state index is 0.0793. The van der Waals surface area contributed by atoms with Crippen LogP contribution in [0.1, 0.15) is 23.5 Å². The highest BCUT2D eigenvalue weighted by molar-refractivity contribution is 7.91. The van der Waals surface area contributed by atoms with Crippen LogP contribution in [0.25, 0.3) is 0 Å². The molecule has 1 aliphatic rings. The Kier molecular flexibility index (Phi) is 8.47. The largest absolute Gasteiger partial charge is 0.469 e. The molecule has 3 heterocycles. The molecule has 16 heteroatoms. The fourth-order valence-electron chi connectivity index (χ4n) is 4.79. The maximum Gasteiger partial charge on any atom is 0.373 e. The molecule has 0 spiro atoms. The molecule has 2 aromatic heterocycles. The number of ether oxygens (including phenoxy) is 1. The summed E-state index contributed by atoms with van der Waals surface area (Å²) in [7, 11) is -7.19. The molecule has 226 valence electrons. The Balaban J connectivity index is 1.45. The third kappa shape index (κ3) is 6.36. The monoisotopic (exact) mass is 644 g/mol. The summed E-state index contributed by atoms with van der Waals surface area (Å²) in [5.74, 6) is -0.330. The molecule has 0 bridgehead atoms. The highest BCUT2D eigenvalue weighted by atomic mass is 32.2. The van der Waals surface area contributed by atoms with E-state index in [1.54, 1.807) is 44.2 Å². The maximum atomic E-state index is 13.2. The van der Waals surface area contributed by atoms with E-state index in [1.165, 1.54) is 33.5 Å². The van der Waals surface area contributed by atoms with Crippen molar-refractivity contribution < 1.29 is 26.5 Å². The molecule has 1 saturated heterocycles. The molecule has 43 heavy (non-hydrogen) atoms. The van der Waals surface area contributed by atoms with Gasteiger partial charge in [-0.3, -0.25) is 15.0 Å². The second-order valence-electron chi connectivity index (χ2n) is 9.87. The maximum absolute atomic E-state index is 13.2. The number of anilines is 3. The molecule has 0 saturated carbocycles. The van der Waals surface area contributed by atoms with Crippen LogP contribution in [0.15, 0.2) is 70.0 Å². The number of nitrogens with zero attached hydrogens (tertiary/aromatic N) is 6. The summed E-state index contributed by atoms with van der Waals surface area (Å²) >= 11 is 1.13. The van der Waals surface area contributed by atoms with Gasteiger partial charge in [-0.2, -0.15) is 9.29 Å². The zero-order valence-electron chi connectivity index (χ0n) is 23.4. The molecule has 0 atom stereocenters.